The summed E-state index contributed by atoms with van der Waals surface area (Å²) in [5.41, 5.74) is 18.7. The highest BCUT2D eigenvalue weighted by Gasteiger charge is 2.26. The number of hydrogen-bond donors (Lipinski definition) is 0. The minimum absolute atomic E-state index is 0.145. The predicted octanol–water partition coefficient (Wildman–Crippen LogP) is 14.9. The molecule has 0 N–H and O–H groups in total. The SMILES string of the molecule is CC1CC=CC=C1N(c1ccccc1)c1ccc(N(c2ccc(N(c3ccccc3)c3ccccc3)cc2)c2ccc(N(C3=C=C=CC=C3)C3C=CC=CC3C)cc2)cc1. The molecule has 0 fully saturated rings. The van der Waals surface area contributed by atoms with Crippen molar-refractivity contribution in [1.82, 2.24) is 0 Å². The lowest BCUT2D eigenvalue weighted by Gasteiger charge is -2.36. The Labute approximate surface area is 355 Å². The smallest absolute Gasteiger partial charge is 0.0933 e. The van der Waals surface area contributed by atoms with Crippen LogP contribution in [-0.4, -0.2) is 6.04 Å². The van der Waals surface area contributed by atoms with Crippen LogP contribution in [0.25, 0.3) is 0 Å². The molecule has 3 aliphatic rings. The van der Waals surface area contributed by atoms with Crippen molar-refractivity contribution in [1.29, 1.82) is 0 Å². The van der Waals surface area contributed by atoms with Gasteiger partial charge in [0.05, 0.1) is 11.7 Å². The molecule has 6 aromatic carbocycles. The van der Waals surface area contributed by atoms with Gasteiger partial charge in [-0.15, -0.1) is 0 Å². The highest BCUT2D eigenvalue weighted by Crippen LogP contribution is 2.42. The molecule has 292 valence electrons. The topological polar surface area (TPSA) is 13.0 Å². The number of benzene rings is 6. The molecule has 4 nitrogen and oxygen atoms in total. The van der Waals surface area contributed by atoms with Crippen LogP contribution in [0.2, 0.25) is 0 Å². The van der Waals surface area contributed by atoms with E-state index in [0.717, 1.165) is 63.3 Å². The Balaban J connectivity index is 1.13. The molecule has 4 heteroatoms. The summed E-state index contributed by atoms with van der Waals surface area (Å²) in [6.45, 7) is 4.58. The Kier molecular flexibility index (Phi) is 11.1. The van der Waals surface area contributed by atoms with Crippen LogP contribution in [0.3, 0.4) is 0 Å². The summed E-state index contributed by atoms with van der Waals surface area (Å²) < 4.78 is 0. The van der Waals surface area contributed by atoms with Gasteiger partial charge in [0.25, 0.3) is 0 Å². The van der Waals surface area contributed by atoms with Crippen molar-refractivity contribution in [2.24, 2.45) is 11.8 Å². The fourth-order valence-electron chi connectivity index (χ4n) is 8.35. The van der Waals surface area contributed by atoms with Gasteiger partial charge in [-0.25, -0.2) is 0 Å². The molecule has 0 aliphatic heterocycles. The van der Waals surface area contributed by atoms with E-state index in [9.17, 15) is 0 Å². The Hall–Kier alpha value is -7.48. The lowest BCUT2D eigenvalue weighted by atomic mass is 9.94. The minimum Gasteiger partial charge on any atom is -0.327 e. The second kappa shape index (κ2) is 17.6. The van der Waals surface area contributed by atoms with Gasteiger partial charge < -0.3 is 19.6 Å². The van der Waals surface area contributed by atoms with Crippen molar-refractivity contribution in [3.05, 3.63) is 247 Å². The molecule has 0 radical (unpaired) electrons. The second-order valence-electron chi connectivity index (χ2n) is 15.4. The summed E-state index contributed by atoms with van der Waals surface area (Å²) in [5.74, 6) is 0.714. The summed E-state index contributed by atoms with van der Waals surface area (Å²) >= 11 is 0. The van der Waals surface area contributed by atoms with Gasteiger partial charge in [0.1, 0.15) is 0 Å². The predicted molar refractivity (Wildman–Crippen MR) is 253 cm³/mol. The van der Waals surface area contributed by atoms with Crippen molar-refractivity contribution in [3.8, 4) is 0 Å². The summed E-state index contributed by atoms with van der Waals surface area (Å²) in [5, 5.41) is 0. The number of rotatable bonds is 12. The molecule has 0 heterocycles. The van der Waals surface area contributed by atoms with E-state index in [4.69, 9.17) is 0 Å². The first kappa shape index (κ1) is 38.1. The lowest BCUT2D eigenvalue weighted by Crippen LogP contribution is -2.37. The quantitative estimate of drug-likeness (QED) is 0.115. The third kappa shape index (κ3) is 7.99. The van der Waals surface area contributed by atoms with Crippen LogP contribution in [0.15, 0.2) is 247 Å². The summed E-state index contributed by atoms with van der Waals surface area (Å²) in [7, 11) is 0. The fourth-order valence-corrected chi connectivity index (χ4v) is 8.35. The van der Waals surface area contributed by atoms with Gasteiger partial charge in [0.2, 0.25) is 0 Å². The zero-order valence-electron chi connectivity index (χ0n) is 34.1. The minimum atomic E-state index is 0.145. The van der Waals surface area contributed by atoms with E-state index in [1.54, 1.807) is 0 Å². The van der Waals surface area contributed by atoms with Crippen molar-refractivity contribution >= 4 is 51.2 Å². The standard InChI is InChI=1S/C56H48N4/c1-43-19-15-17-29-55(43)59(47-25-11-5-12-26-47)53-39-35-51(36-40-53)58(50-33-31-49(32-34-50)57(45-21-7-3-8-22-45)46-23-9-4-10-24-46)52-37-41-54(42-38-52)60(48-27-13-6-14-28-48)56-30-18-16-20-44(56)2/h3-13,15-18,20-27,29-44,56H,19H2,1-2H3. The summed E-state index contributed by atoms with van der Waals surface area (Å²) in [6, 6.07) is 58.8. The maximum Gasteiger partial charge on any atom is 0.0933 e. The van der Waals surface area contributed by atoms with Gasteiger partial charge in [-0.05, 0) is 145 Å². The highest BCUT2D eigenvalue weighted by molar-refractivity contribution is 5.83. The summed E-state index contributed by atoms with van der Waals surface area (Å²) in [4.78, 5) is 9.42. The molecule has 0 spiro atoms. The van der Waals surface area contributed by atoms with Gasteiger partial charge in [-0.3, -0.25) is 0 Å². The second-order valence-corrected chi connectivity index (χ2v) is 15.4. The maximum atomic E-state index is 3.38. The van der Waals surface area contributed by atoms with Crippen molar-refractivity contribution in [2.45, 2.75) is 26.3 Å². The Morgan fingerprint density at radius 2 is 0.883 bits per heavy atom. The van der Waals surface area contributed by atoms with Crippen LogP contribution in [0.4, 0.5) is 51.2 Å². The Morgan fingerprint density at radius 3 is 1.33 bits per heavy atom. The highest BCUT2D eigenvalue weighted by atomic mass is 15.2. The molecule has 3 aliphatic carbocycles. The van der Waals surface area contributed by atoms with Gasteiger partial charge in [0, 0.05) is 62.8 Å². The van der Waals surface area contributed by atoms with Crippen molar-refractivity contribution in [3.63, 3.8) is 0 Å². The first-order valence-corrected chi connectivity index (χ1v) is 20.9. The van der Waals surface area contributed by atoms with Gasteiger partial charge >= 0.3 is 0 Å². The maximum absolute atomic E-state index is 3.38. The van der Waals surface area contributed by atoms with Gasteiger partial charge in [0.15, 0.2) is 0 Å². The van der Waals surface area contributed by atoms with Crippen LogP contribution in [0.5, 0.6) is 0 Å². The fraction of sp³-hybridized carbons (Fsp3) is 0.107. The third-order valence-corrected chi connectivity index (χ3v) is 11.4. The van der Waals surface area contributed by atoms with Crippen LogP contribution in [0.1, 0.15) is 20.3 Å². The molecule has 0 bridgehead atoms. The average molecular weight is 777 g/mol. The van der Waals surface area contributed by atoms with E-state index < -0.39 is 0 Å². The van der Waals surface area contributed by atoms with Crippen LogP contribution >= 0.6 is 0 Å². The van der Waals surface area contributed by atoms with E-state index in [2.05, 4.69) is 257 Å². The van der Waals surface area contributed by atoms with E-state index >= 15 is 0 Å². The number of anilines is 9. The van der Waals surface area contributed by atoms with Crippen LogP contribution in [0, 0.1) is 11.8 Å². The van der Waals surface area contributed by atoms with Gasteiger partial charge in [-0.2, -0.15) is 0 Å². The zero-order chi connectivity index (χ0) is 40.7. The van der Waals surface area contributed by atoms with E-state index in [0.29, 0.717) is 11.8 Å². The molecule has 0 aromatic heterocycles. The molecule has 3 unspecified atom stereocenters. The number of nitrogens with zero attached hydrogens (tertiary/aromatic N) is 4. The molecule has 0 saturated heterocycles. The number of allylic oxidation sites excluding steroid dienone is 9. The average Bonchev–Trinajstić information content (AvgIpc) is 3.31. The first-order chi connectivity index (χ1) is 29.6. The first-order valence-electron chi connectivity index (χ1n) is 20.9. The van der Waals surface area contributed by atoms with E-state index in [1.165, 1.54) is 5.70 Å². The van der Waals surface area contributed by atoms with E-state index in [-0.39, 0.29) is 6.04 Å². The molecule has 0 amide bonds. The molecule has 60 heavy (non-hydrogen) atoms. The van der Waals surface area contributed by atoms with Gasteiger partial charge in [-0.1, -0.05) is 117 Å². The van der Waals surface area contributed by atoms with Crippen LogP contribution < -0.4 is 19.6 Å². The zero-order valence-corrected chi connectivity index (χ0v) is 34.1. The molecule has 3 atom stereocenters. The molecular formula is C56H48N4. The molecule has 9 rings (SSSR count). The van der Waals surface area contributed by atoms with E-state index in [1.807, 2.05) is 12.2 Å². The molecule has 0 saturated carbocycles. The Bertz CT molecular complexity index is 2620. The third-order valence-electron chi connectivity index (χ3n) is 11.4. The summed E-state index contributed by atoms with van der Waals surface area (Å²) in [6.07, 6.45) is 22.6. The van der Waals surface area contributed by atoms with Crippen molar-refractivity contribution in [2.75, 3.05) is 19.6 Å². The van der Waals surface area contributed by atoms with Crippen LogP contribution in [-0.2, 0) is 0 Å². The molecule has 6 aromatic rings. The lowest BCUT2D eigenvalue weighted by molar-refractivity contribution is 0.599. The van der Waals surface area contributed by atoms with Crippen molar-refractivity contribution < 1.29 is 0 Å². The Morgan fingerprint density at radius 1 is 0.450 bits per heavy atom. The number of hydrogen-bond acceptors (Lipinski definition) is 4. The number of para-hydroxylation sites is 3. The largest absolute Gasteiger partial charge is 0.327 e. The normalized spacial score (nSPS) is 17.5. The monoisotopic (exact) mass is 776 g/mol. The molecular weight excluding hydrogens is 729 g/mol.